The number of carbonyl (C=O) groups is 1. The molecule has 5 heteroatoms. The number of ether oxygens (including phenoxy) is 1. The van der Waals surface area contributed by atoms with Crippen LogP contribution in [0, 0.1) is 0 Å². The fourth-order valence-corrected chi connectivity index (χ4v) is 3.02. The molecule has 0 aromatic rings. The monoisotopic (exact) mass is 385 g/mol. The van der Waals surface area contributed by atoms with Gasteiger partial charge >= 0.3 is 5.97 Å². The molecule has 0 spiro atoms. The van der Waals surface area contributed by atoms with E-state index >= 15 is 0 Å². The first-order valence-corrected chi connectivity index (χ1v) is 11.0. The first-order chi connectivity index (χ1) is 13.2. The Balaban J connectivity index is 3.12. The summed E-state index contributed by atoms with van der Waals surface area (Å²) in [4.78, 5) is 10.8. The Bertz CT molecular complexity index is 345. The molecule has 0 aromatic carbocycles. The van der Waals surface area contributed by atoms with Gasteiger partial charge in [0.05, 0.1) is 13.2 Å². The SMILES string of the molecule is NCC(=O)OCCCCCCCC/C=C\CCCCCCCCCC(O)O. The second-order valence-electron chi connectivity index (χ2n) is 7.34. The van der Waals surface area contributed by atoms with Crippen molar-refractivity contribution in [1.82, 2.24) is 0 Å². The van der Waals surface area contributed by atoms with Gasteiger partial charge < -0.3 is 20.7 Å². The van der Waals surface area contributed by atoms with Gasteiger partial charge in [-0.25, -0.2) is 0 Å². The number of aliphatic hydroxyl groups excluding tert-OH is 1. The summed E-state index contributed by atoms with van der Waals surface area (Å²) >= 11 is 0. The summed E-state index contributed by atoms with van der Waals surface area (Å²) in [5.41, 5.74) is 5.17. The lowest BCUT2D eigenvalue weighted by atomic mass is 10.1. The van der Waals surface area contributed by atoms with Crippen molar-refractivity contribution in [3.05, 3.63) is 12.2 Å². The minimum atomic E-state index is -1.13. The van der Waals surface area contributed by atoms with Crippen LogP contribution >= 0.6 is 0 Å². The zero-order valence-corrected chi connectivity index (χ0v) is 17.2. The molecule has 0 fully saturated rings. The Morgan fingerprint density at radius 3 is 1.67 bits per heavy atom. The normalized spacial score (nSPS) is 11.6. The van der Waals surface area contributed by atoms with Gasteiger partial charge in [0.25, 0.3) is 0 Å². The Morgan fingerprint density at radius 1 is 0.741 bits per heavy atom. The number of aliphatic hydroxyl groups is 2. The number of nitrogens with two attached hydrogens (primary N) is 1. The number of rotatable bonds is 20. The third-order valence-corrected chi connectivity index (χ3v) is 4.69. The van der Waals surface area contributed by atoms with Crippen LogP contribution in [0.5, 0.6) is 0 Å². The summed E-state index contributed by atoms with van der Waals surface area (Å²) in [6.07, 6.45) is 21.9. The van der Waals surface area contributed by atoms with Crippen LogP contribution in [0.25, 0.3) is 0 Å². The van der Waals surface area contributed by atoms with E-state index in [1.807, 2.05) is 0 Å². The van der Waals surface area contributed by atoms with Crippen LogP contribution in [0.1, 0.15) is 103 Å². The minimum absolute atomic E-state index is 0.0217. The second-order valence-corrected chi connectivity index (χ2v) is 7.34. The fourth-order valence-electron chi connectivity index (χ4n) is 3.02. The summed E-state index contributed by atoms with van der Waals surface area (Å²) in [7, 11) is 0. The highest BCUT2D eigenvalue weighted by Gasteiger charge is 1.98. The van der Waals surface area contributed by atoms with Crippen molar-refractivity contribution in [1.29, 1.82) is 0 Å². The van der Waals surface area contributed by atoms with E-state index in [2.05, 4.69) is 12.2 Å². The molecule has 0 heterocycles. The van der Waals surface area contributed by atoms with E-state index in [0.29, 0.717) is 13.0 Å². The number of allylic oxidation sites excluding steroid dienone is 2. The fraction of sp³-hybridized carbons (Fsp3) is 0.864. The molecular formula is C22H43NO4. The third kappa shape index (κ3) is 23.1. The predicted molar refractivity (Wildman–Crippen MR) is 111 cm³/mol. The van der Waals surface area contributed by atoms with E-state index in [1.54, 1.807) is 0 Å². The van der Waals surface area contributed by atoms with Gasteiger partial charge in [-0.2, -0.15) is 0 Å². The lowest BCUT2D eigenvalue weighted by Gasteiger charge is -2.03. The largest absolute Gasteiger partial charge is 0.465 e. The smallest absolute Gasteiger partial charge is 0.319 e. The number of unbranched alkanes of at least 4 members (excludes halogenated alkanes) is 13. The molecule has 0 aliphatic carbocycles. The molecule has 0 atom stereocenters. The van der Waals surface area contributed by atoms with Crippen molar-refractivity contribution in [3.63, 3.8) is 0 Å². The molecule has 0 bridgehead atoms. The van der Waals surface area contributed by atoms with Crippen molar-refractivity contribution < 1.29 is 19.7 Å². The molecule has 0 aliphatic rings. The molecule has 0 saturated heterocycles. The maximum absolute atomic E-state index is 10.8. The van der Waals surface area contributed by atoms with E-state index in [-0.39, 0.29) is 12.5 Å². The van der Waals surface area contributed by atoms with E-state index in [4.69, 9.17) is 20.7 Å². The van der Waals surface area contributed by atoms with Gasteiger partial charge in [-0.1, -0.05) is 69.9 Å². The zero-order valence-electron chi connectivity index (χ0n) is 17.2. The van der Waals surface area contributed by atoms with Gasteiger partial charge in [-0.3, -0.25) is 4.79 Å². The molecule has 0 amide bonds. The third-order valence-electron chi connectivity index (χ3n) is 4.69. The summed E-state index contributed by atoms with van der Waals surface area (Å²) in [6.45, 7) is 0.485. The van der Waals surface area contributed by atoms with Crippen LogP contribution in [-0.2, 0) is 9.53 Å². The average Bonchev–Trinajstić information content (AvgIpc) is 2.65. The minimum Gasteiger partial charge on any atom is -0.465 e. The van der Waals surface area contributed by atoms with Crippen molar-refractivity contribution in [2.45, 2.75) is 109 Å². The highest BCUT2D eigenvalue weighted by atomic mass is 16.5. The maximum Gasteiger partial charge on any atom is 0.319 e. The predicted octanol–water partition coefficient (Wildman–Crippen LogP) is 4.60. The molecule has 0 radical (unpaired) electrons. The Labute approximate surface area is 166 Å². The first-order valence-electron chi connectivity index (χ1n) is 11.0. The van der Waals surface area contributed by atoms with Gasteiger partial charge in [-0.05, 0) is 44.9 Å². The number of hydrogen-bond donors (Lipinski definition) is 3. The van der Waals surface area contributed by atoms with Crippen molar-refractivity contribution in [3.8, 4) is 0 Å². The Morgan fingerprint density at radius 2 is 1.19 bits per heavy atom. The quantitative estimate of drug-likeness (QED) is 0.123. The summed E-state index contributed by atoms with van der Waals surface area (Å²) in [6, 6.07) is 0. The van der Waals surface area contributed by atoms with Gasteiger partial charge in [-0.15, -0.1) is 0 Å². The Kier molecular flexibility index (Phi) is 20.7. The lowest BCUT2D eigenvalue weighted by Crippen LogP contribution is -2.17. The van der Waals surface area contributed by atoms with Crippen LogP contribution in [-0.4, -0.2) is 35.6 Å². The lowest BCUT2D eigenvalue weighted by molar-refractivity contribution is -0.142. The number of hydrogen-bond acceptors (Lipinski definition) is 5. The van der Waals surface area contributed by atoms with E-state index in [9.17, 15) is 4.79 Å². The highest BCUT2D eigenvalue weighted by Crippen LogP contribution is 2.11. The molecule has 0 aromatic heterocycles. The number of carbonyl (C=O) groups excluding carboxylic acids is 1. The van der Waals surface area contributed by atoms with Gasteiger partial charge in [0, 0.05) is 0 Å². The van der Waals surface area contributed by atoms with Gasteiger partial charge in [0.1, 0.15) is 0 Å². The standard InChI is InChI=1S/C22H43NO4/c23-20-22(26)27-19-17-15-13-11-9-7-5-3-1-2-4-6-8-10-12-14-16-18-21(24)25/h1,3,21,24-25H,2,4-20,23H2/b3-1-. The topological polar surface area (TPSA) is 92.8 Å². The summed E-state index contributed by atoms with van der Waals surface area (Å²) < 4.78 is 4.94. The second kappa shape index (κ2) is 21.4. The van der Waals surface area contributed by atoms with Crippen LogP contribution in [0.3, 0.4) is 0 Å². The van der Waals surface area contributed by atoms with Gasteiger partial charge in [0.15, 0.2) is 6.29 Å². The van der Waals surface area contributed by atoms with Crippen LogP contribution in [0.2, 0.25) is 0 Å². The van der Waals surface area contributed by atoms with Crippen molar-refractivity contribution in [2.24, 2.45) is 5.73 Å². The van der Waals surface area contributed by atoms with Crippen LogP contribution in [0.4, 0.5) is 0 Å². The molecule has 0 aliphatic heterocycles. The van der Waals surface area contributed by atoms with Crippen LogP contribution in [0.15, 0.2) is 12.2 Å². The van der Waals surface area contributed by atoms with E-state index in [1.165, 1.54) is 70.6 Å². The van der Waals surface area contributed by atoms with Crippen LogP contribution < -0.4 is 5.73 Å². The summed E-state index contributed by atoms with van der Waals surface area (Å²) in [5, 5.41) is 17.5. The molecule has 0 rings (SSSR count). The molecule has 4 N–H and O–H groups in total. The first kappa shape index (κ1) is 26.1. The molecular weight excluding hydrogens is 342 g/mol. The van der Waals surface area contributed by atoms with Crippen molar-refractivity contribution >= 4 is 5.97 Å². The maximum atomic E-state index is 10.8. The summed E-state index contributed by atoms with van der Waals surface area (Å²) in [5.74, 6) is -0.308. The molecule has 5 nitrogen and oxygen atoms in total. The van der Waals surface area contributed by atoms with Gasteiger partial charge in [0.2, 0.25) is 0 Å². The molecule has 160 valence electrons. The van der Waals surface area contributed by atoms with E-state index < -0.39 is 6.29 Å². The van der Waals surface area contributed by atoms with E-state index in [0.717, 1.165) is 25.7 Å². The molecule has 0 saturated carbocycles. The zero-order chi connectivity index (χ0) is 20.0. The number of esters is 1. The molecule has 0 unspecified atom stereocenters. The van der Waals surface area contributed by atoms with Crippen molar-refractivity contribution in [2.75, 3.05) is 13.2 Å². The average molecular weight is 386 g/mol. The highest BCUT2D eigenvalue weighted by molar-refractivity contribution is 5.71. The molecule has 27 heavy (non-hydrogen) atoms. The Hall–Kier alpha value is -0.910.